The van der Waals surface area contributed by atoms with Gasteiger partial charge < -0.3 is 5.32 Å². The first-order valence-electron chi connectivity index (χ1n) is 6.54. The lowest BCUT2D eigenvalue weighted by atomic mass is 10.2. The van der Waals surface area contributed by atoms with Crippen LogP contribution in [-0.2, 0) is 6.54 Å². The molecule has 0 aliphatic heterocycles. The van der Waals surface area contributed by atoms with E-state index in [0.29, 0.717) is 6.54 Å². The molecule has 2 heterocycles. The quantitative estimate of drug-likeness (QED) is 0.918. The fraction of sp³-hybridized carbons (Fsp3) is 0.357. The average Bonchev–Trinajstić information content (AvgIpc) is 2.95. The summed E-state index contributed by atoms with van der Waals surface area (Å²) in [4.78, 5) is 24.8. The number of hydrogen-bond acceptors (Lipinski definition) is 4. The number of hydrogen-bond donors (Lipinski definition) is 1. The molecular formula is C14H17N3O2S. The van der Waals surface area contributed by atoms with Gasteiger partial charge in [0.1, 0.15) is 5.69 Å². The molecule has 0 saturated heterocycles. The lowest BCUT2D eigenvalue weighted by molar-refractivity contribution is 0.0933. The van der Waals surface area contributed by atoms with Crippen LogP contribution in [0.1, 0.15) is 41.7 Å². The van der Waals surface area contributed by atoms with Crippen LogP contribution in [0.2, 0.25) is 0 Å². The number of aryl methyl sites for hydroxylation is 1. The van der Waals surface area contributed by atoms with E-state index in [4.69, 9.17) is 0 Å². The zero-order valence-corrected chi connectivity index (χ0v) is 12.3. The Kier molecular flexibility index (Phi) is 4.68. The summed E-state index contributed by atoms with van der Waals surface area (Å²) >= 11 is 1.59. The van der Waals surface area contributed by atoms with Gasteiger partial charge in [0, 0.05) is 17.5 Å². The van der Waals surface area contributed by atoms with Crippen molar-refractivity contribution in [1.29, 1.82) is 0 Å². The van der Waals surface area contributed by atoms with Gasteiger partial charge in [-0.05, 0) is 30.9 Å². The second-order valence-electron chi connectivity index (χ2n) is 4.49. The lowest BCUT2D eigenvalue weighted by Gasteiger charge is -2.12. The van der Waals surface area contributed by atoms with E-state index in [-0.39, 0.29) is 23.2 Å². The van der Waals surface area contributed by atoms with E-state index >= 15 is 0 Å². The van der Waals surface area contributed by atoms with Crippen molar-refractivity contribution in [3.8, 4) is 0 Å². The number of carbonyl (C=O) groups is 1. The summed E-state index contributed by atoms with van der Waals surface area (Å²) in [5.41, 5.74) is 0.0798. The summed E-state index contributed by atoms with van der Waals surface area (Å²) < 4.78 is 1.32. The van der Waals surface area contributed by atoms with Gasteiger partial charge >= 0.3 is 0 Å². The molecule has 6 heteroatoms. The molecule has 2 rings (SSSR count). The standard InChI is InChI=1S/C14H17N3O2S/c1-3-8-17-13(18)7-6-11(16-17)14(19)15-10(2)12-5-4-9-20-12/h4-7,9-10H,3,8H2,1-2H3,(H,15,19)/t10-/m0/s1. The Morgan fingerprint density at radius 1 is 1.45 bits per heavy atom. The van der Waals surface area contributed by atoms with Crippen LogP contribution in [0.3, 0.4) is 0 Å². The topological polar surface area (TPSA) is 64.0 Å². The van der Waals surface area contributed by atoms with Gasteiger partial charge in [-0.15, -0.1) is 11.3 Å². The van der Waals surface area contributed by atoms with E-state index in [1.807, 2.05) is 31.4 Å². The van der Waals surface area contributed by atoms with Crippen LogP contribution in [0.15, 0.2) is 34.4 Å². The van der Waals surface area contributed by atoms with Gasteiger partial charge in [-0.2, -0.15) is 5.10 Å². The van der Waals surface area contributed by atoms with Crippen molar-refractivity contribution in [3.63, 3.8) is 0 Å². The van der Waals surface area contributed by atoms with Crippen LogP contribution >= 0.6 is 11.3 Å². The summed E-state index contributed by atoms with van der Waals surface area (Å²) in [6, 6.07) is 6.69. The molecule has 20 heavy (non-hydrogen) atoms. The highest BCUT2D eigenvalue weighted by Gasteiger charge is 2.14. The molecule has 0 spiro atoms. The summed E-state index contributed by atoms with van der Waals surface area (Å²) in [6.45, 7) is 4.39. The van der Waals surface area contributed by atoms with E-state index in [0.717, 1.165) is 11.3 Å². The highest BCUT2D eigenvalue weighted by molar-refractivity contribution is 7.10. The number of thiophene rings is 1. The van der Waals surface area contributed by atoms with Crippen molar-refractivity contribution in [3.05, 3.63) is 50.6 Å². The molecule has 106 valence electrons. The van der Waals surface area contributed by atoms with Gasteiger partial charge in [0.15, 0.2) is 0 Å². The molecule has 2 aromatic rings. The van der Waals surface area contributed by atoms with Crippen molar-refractivity contribution >= 4 is 17.2 Å². The van der Waals surface area contributed by atoms with E-state index in [2.05, 4.69) is 10.4 Å². The van der Waals surface area contributed by atoms with Crippen LogP contribution in [0, 0.1) is 0 Å². The molecule has 0 aromatic carbocycles. The third-order valence-electron chi connectivity index (χ3n) is 2.85. The zero-order chi connectivity index (χ0) is 14.5. The molecule has 0 aliphatic rings. The van der Waals surface area contributed by atoms with Crippen molar-refractivity contribution in [2.45, 2.75) is 32.9 Å². The van der Waals surface area contributed by atoms with Crippen molar-refractivity contribution in [1.82, 2.24) is 15.1 Å². The second-order valence-corrected chi connectivity index (χ2v) is 5.47. The van der Waals surface area contributed by atoms with Crippen LogP contribution in [-0.4, -0.2) is 15.7 Å². The molecule has 2 aromatic heterocycles. The largest absolute Gasteiger partial charge is 0.343 e. The molecular weight excluding hydrogens is 274 g/mol. The van der Waals surface area contributed by atoms with Crippen LogP contribution < -0.4 is 10.9 Å². The van der Waals surface area contributed by atoms with E-state index in [1.165, 1.54) is 16.8 Å². The molecule has 0 saturated carbocycles. The molecule has 1 N–H and O–H groups in total. The Hall–Kier alpha value is -1.95. The molecule has 0 aliphatic carbocycles. The monoisotopic (exact) mass is 291 g/mol. The Labute approximate surface area is 121 Å². The molecule has 0 radical (unpaired) electrons. The summed E-state index contributed by atoms with van der Waals surface area (Å²) in [5, 5.41) is 8.94. The smallest absolute Gasteiger partial charge is 0.272 e. The normalized spacial score (nSPS) is 12.1. The molecule has 0 fully saturated rings. The first-order chi connectivity index (χ1) is 9.61. The maximum Gasteiger partial charge on any atom is 0.272 e. The second kappa shape index (κ2) is 6.47. The van der Waals surface area contributed by atoms with Gasteiger partial charge in [0.25, 0.3) is 11.5 Å². The summed E-state index contributed by atoms with van der Waals surface area (Å²) in [7, 11) is 0. The maximum atomic E-state index is 12.1. The van der Waals surface area contributed by atoms with Gasteiger partial charge in [-0.1, -0.05) is 13.0 Å². The van der Waals surface area contributed by atoms with Crippen LogP contribution in [0.5, 0.6) is 0 Å². The van der Waals surface area contributed by atoms with Gasteiger partial charge in [-0.25, -0.2) is 4.68 Å². The average molecular weight is 291 g/mol. The Balaban J connectivity index is 2.13. The minimum absolute atomic E-state index is 0.0733. The van der Waals surface area contributed by atoms with Gasteiger partial charge in [0.05, 0.1) is 6.04 Å². The fourth-order valence-corrected chi connectivity index (χ4v) is 2.56. The number of rotatable bonds is 5. The Morgan fingerprint density at radius 2 is 2.25 bits per heavy atom. The number of amides is 1. The third kappa shape index (κ3) is 3.33. The Morgan fingerprint density at radius 3 is 2.90 bits per heavy atom. The molecule has 0 bridgehead atoms. The molecule has 1 amide bonds. The van der Waals surface area contributed by atoms with E-state index in [9.17, 15) is 9.59 Å². The van der Waals surface area contributed by atoms with Gasteiger partial charge in [-0.3, -0.25) is 9.59 Å². The Bertz CT molecular complexity index is 634. The number of carbonyl (C=O) groups excluding carboxylic acids is 1. The van der Waals surface area contributed by atoms with E-state index < -0.39 is 0 Å². The summed E-state index contributed by atoms with van der Waals surface area (Å²) in [6.07, 6.45) is 0.795. The number of nitrogens with zero attached hydrogens (tertiary/aromatic N) is 2. The summed E-state index contributed by atoms with van der Waals surface area (Å²) in [5.74, 6) is -0.268. The maximum absolute atomic E-state index is 12.1. The minimum Gasteiger partial charge on any atom is -0.343 e. The predicted octanol–water partition coefficient (Wildman–Crippen LogP) is 2.21. The predicted molar refractivity (Wildman–Crippen MR) is 79.0 cm³/mol. The molecule has 5 nitrogen and oxygen atoms in total. The lowest BCUT2D eigenvalue weighted by Crippen LogP contribution is -2.30. The third-order valence-corrected chi connectivity index (χ3v) is 3.91. The van der Waals surface area contributed by atoms with E-state index in [1.54, 1.807) is 11.3 Å². The fourth-order valence-electron chi connectivity index (χ4n) is 1.82. The van der Waals surface area contributed by atoms with Crippen LogP contribution in [0.4, 0.5) is 0 Å². The SMILES string of the molecule is CCCn1nc(C(=O)N[C@@H](C)c2cccs2)ccc1=O. The highest BCUT2D eigenvalue weighted by atomic mass is 32.1. The van der Waals surface area contributed by atoms with Crippen LogP contribution in [0.25, 0.3) is 0 Å². The number of nitrogens with one attached hydrogen (secondary N) is 1. The van der Waals surface area contributed by atoms with Crippen molar-refractivity contribution in [2.75, 3.05) is 0 Å². The highest BCUT2D eigenvalue weighted by Crippen LogP contribution is 2.18. The zero-order valence-electron chi connectivity index (χ0n) is 11.5. The molecule has 1 atom stereocenters. The number of aromatic nitrogens is 2. The van der Waals surface area contributed by atoms with Crippen molar-refractivity contribution in [2.24, 2.45) is 0 Å². The first-order valence-corrected chi connectivity index (χ1v) is 7.42. The first kappa shape index (κ1) is 14.5. The molecule has 0 unspecified atom stereocenters. The van der Waals surface area contributed by atoms with Gasteiger partial charge in [0.2, 0.25) is 0 Å². The van der Waals surface area contributed by atoms with Crippen molar-refractivity contribution < 1.29 is 4.79 Å². The minimum atomic E-state index is -0.268.